The van der Waals surface area contributed by atoms with Crippen molar-refractivity contribution in [3.63, 3.8) is 0 Å². The van der Waals surface area contributed by atoms with Gasteiger partial charge in [0.1, 0.15) is 9.84 Å². The first-order chi connectivity index (χ1) is 11.2. The first-order valence-electron chi connectivity index (χ1n) is 7.84. The number of nitrogens with one attached hydrogen (secondary N) is 1. The van der Waals surface area contributed by atoms with Gasteiger partial charge in [-0.1, -0.05) is 18.2 Å². The summed E-state index contributed by atoms with van der Waals surface area (Å²) >= 11 is 0. The maximum atomic E-state index is 13.1. The second-order valence-electron chi connectivity index (χ2n) is 6.47. The minimum Gasteiger partial charge on any atom is -0.353 e. The number of benzene rings is 1. The smallest absolute Gasteiger partial charge is 0.353 e. The number of sulfone groups is 1. The Morgan fingerprint density at radius 3 is 2.38 bits per heavy atom. The molecule has 1 aromatic rings. The van der Waals surface area contributed by atoms with Gasteiger partial charge in [0.05, 0.1) is 17.1 Å². The topological polar surface area (TPSA) is 63.2 Å². The molecule has 0 bridgehead atoms. The van der Waals surface area contributed by atoms with E-state index in [1.165, 1.54) is 12.1 Å². The summed E-state index contributed by atoms with van der Waals surface area (Å²) in [6, 6.07) is 5.14. The van der Waals surface area contributed by atoms with Crippen LogP contribution in [0.3, 0.4) is 0 Å². The van der Waals surface area contributed by atoms with E-state index < -0.39 is 33.4 Å². The molecule has 1 saturated carbocycles. The van der Waals surface area contributed by atoms with Gasteiger partial charge in [-0.15, -0.1) is 0 Å². The number of alkyl halides is 3. The van der Waals surface area contributed by atoms with Crippen molar-refractivity contribution >= 4 is 15.7 Å². The molecule has 0 radical (unpaired) electrons. The molecule has 132 valence electrons. The maximum absolute atomic E-state index is 13.1. The fraction of sp³-hybridized carbons (Fsp3) is 0.562. The number of amides is 1. The van der Waals surface area contributed by atoms with Crippen LogP contribution in [-0.2, 0) is 20.8 Å². The number of hydrogen-bond donors (Lipinski definition) is 1. The van der Waals surface area contributed by atoms with E-state index in [4.69, 9.17) is 0 Å². The van der Waals surface area contributed by atoms with Crippen molar-refractivity contribution in [3.05, 3.63) is 35.4 Å². The Labute approximate surface area is 138 Å². The van der Waals surface area contributed by atoms with Crippen LogP contribution >= 0.6 is 0 Å². The molecular formula is C16H18F3NO3S. The van der Waals surface area contributed by atoms with Crippen molar-refractivity contribution in [2.75, 3.05) is 11.5 Å². The quantitative estimate of drug-likeness (QED) is 0.900. The summed E-state index contributed by atoms with van der Waals surface area (Å²) < 4.78 is 61.9. The van der Waals surface area contributed by atoms with Crippen LogP contribution in [0.15, 0.2) is 24.3 Å². The van der Waals surface area contributed by atoms with E-state index in [0.29, 0.717) is 19.3 Å². The van der Waals surface area contributed by atoms with Crippen molar-refractivity contribution in [2.45, 2.75) is 37.4 Å². The Balaban J connectivity index is 1.63. The van der Waals surface area contributed by atoms with E-state index in [-0.39, 0.29) is 29.0 Å². The van der Waals surface area contributed by atoms with Crippen LogP contribution in [0.2, 0.25) is 0 Å². The molecule has 2 aliphatic rings. The average Bonchev–Trinajstić information content (AvgIpc) is 3.29. The van der Waals surface area contributed by atoms with Crippen molar-refractivity contribution in [2.24, 2.45) is 5.92 Å². The summed E-state index contributed by atoms with van der Waals surface area (Å²) in [5.41, 5.74) is -0.523. The molecular weight excluding hydrogens is 343 g/mol. The zero-order valence-corrected chi connectivity index (χ0v) is 13.7. The van der Waals surface area contributed by atoms with Gasteiger partial charge >= 0.3 is 6.18 Å². The Morgan fingerprint density at radius 1 is 1.12 bits per heavy atom. The van der Waals surface area contributed by atoms with Crippen LogP contribution in [-0.4, -0.2) is 31.9 Å². The van der Waals surface area contributed by atoms with Crippen LogP contribution in [0.4, 0.5) is 13.2 Å². The maximum Gasteiger partial charge on any atom is 0.416 e. The highest BCUT2D eigenvalue weighted by molar-refractivity contribution is 7.91. The number of carbonyl (C=O) groups excluding carboxylic acids is 1. The highest BCUT2D eigenvalue weighted by atomic mass is 32.2. The summed E-state index contributed by atoms with van der Waals surface area (Å²) in [5, 5.41) is 2.79. The number of hydrogen-bond acceptors (Lipinski definition) is 3. The molecule has 1 amide bonds. The molecule has 4 nitrogen and oxygen atoms in total. The molecule has 1 aliphatic heterocycles. The lowest BCUT2D eigenvalue weighted by molar-refractivity contribution is -0.138. The second-order valence-corrected chi connectivity index (χ2v) is 8.77. The number of rotatable bonds is 3. The van der Waals surface area contributed by atoms with Crippen molar-refractivity contribution in [1.82, 2.24) is 5.32 Å². The van der Waals surface area contributed by atoms with Gasteiger partial charge in [-0.2, -0.15) is 13.2 Å². The zero-order chi connectivity index (χ0) is 17.5. The van der Waals surface area contributed by atoms with E-state index in [1.54, 1.807) is 6.07 Å². The Kier molecular flexibility index (Phi) is 4.36. The summed E-state index contributed by atoms with van der Waals surface area (Å²) in [5.74, 6) is -1.07. The van der Waals surface area contributed by atoms with Crippen LogP contribution in [0, 0.1) is 5.92 Å². The van der Waals surface area contributed by atoms with E-state index in [2.05, 4.69) is 5.32 Å². The third-order valence-electron chi connectivity index (χ3n) is 4.69. The van der Waals surface area contributed by atoms with E-state index >= 15 is 0 Å². The normalized spacial score (nSPS) is 26.8. The second kappa shape index (κ2) is 6.06. The highest BCUT2D eigenvalue weighted by Crippen LogP contribution is 2.51. The molecule has 8 heteroatoms. The highest BCUT2D eigenvalue weighted by Gasteiger charge is 2.48. The fourth-order valence-corrected chi connectivity index (χ4v) is 4.74. The number of halogens is 3. The van der Waals surface area contributed by atoms with Crippen molar-refractivity contribution in [3.8, 4) is 0 Å². The largest absolute Gasteiger partial charge is 0.416 e. The summed E-state index contributed by atoms with van der Waals surface area (Å²) in [6.45, 7) is 0. The van der Waals surface area contributed by atoms with Crippen molar-refractivity contribution < 1.29 is 26.4 Å². The average molecular weight is 361 g/mol. The van der Waals surface area contributed by atoms with E-state index in [1.807, 2.05) is 0 Å². The van der Waals surface area contributed by atoms with Gasteiger partial charge in [0.2, 0.25) is 5.91 Å². The molecule has 0 aromatic heterocycles. The molecule has 2 atom stereocenters. The van der Waals surface area contributed by atoms with Gasteiger partial charge in [0.15, 0.2) is 0 Å². The van der Waals surface area contributed by atoms with Gasteiger partial charge in [0, 0.05) is 12.0 Å². The molecule has 1 saturated heterocycles. The van der Waals surface area contributed by atoms with Crippen LogP contribution in [0.1, 0.15) is 36.3 Å². The standard InChI is InChI=1S/C16H18F3NO3S/c17-16(18,19)14-4-2-1-3-11(14)12-9-13(12)15(21)20-10-5-7-24(22,23)8-6-10/h1-4,10,12-13H,5-9H2,(H,20,21). The predicted molar refractivity (Wildman–Crippen MR) is 82.1 cm³/mol. The van der Waals surface area contributed by atoms with Gasteiger partial charge in [-0.05, 0) is 36.8 Å². The minimum absolute atomic E-state index is 0.0446. The first kappa shape index (κ1) is 17.3. The van der Waals surface area contributed by atoms with Crippen molar-refractivity contribution in [1.29, 1.82) is 0 Å². The molecule has 2 fully saturated rings. The summed E-state index contributed by atoms with van der Waals surface area (Å²) in [4.78, 5) is 12.2. The number of carbonyl (C=O) groups is 1. The van der Waals surface area contributed by atoms with Crippen LogP contribution in [0.25, 0.3) is 0 Å². The summed E-state index contributed by atoms with van der Waals surface area (Å²) in [7, 11) is -3.01. The SMILES string of the molecule is O=C(NC1CCS(=O)(=O)CC1)C1CC1c1ccccc1C(F)(F)F. The van der Waals surface area contributed by atoms with Gasteiger partial charge in [-0.3, -0.25) is 4.79 Å². The van der Waals surface area contributed by atoms with E-state index in [9.17, 15) is 26.4 Å². The molecule has 1 aromatic carbocycles. The van der Waals surface area contributed by atoms with Crippen LogP contribution in [0.5, 0.6) is 0 Å². The molecule has 2 unspecified atom stereocenters. The molecule has 1 heterocycles. The monoisotopic (exact) mass is 361 g/mol. The fourth-order valence-electron chi connectivity index (χ4n) is 3.25. The molecule has 1 aliphatic carbocycles. The molecule has 3 rings (SSSR count). The van der Waals surface area contributed by atoms with E-state index in [0.717, 1.165) is 6.07 Å². The third-order valence-corrected chi connectivity index (χ3v) is 6.41. The lowest BCUT2D eigenvalue weighted by atomic mass is 10.0. The lowest BCUT2D eigenvalue weighted by Crippen LogP contribution is -2.41. The molecule has 1 N–H and O–H groups in total. The minimum atomic E-state index is -4.43. The third kappa shape index (κ3) is 3.74. The van der Waals surface area contributed by atoms with Gasteiger partial charge in [0.25, 0.3) is 0 Å². The van der Waals surface area contributed by atoms with Crippen LogP contribution < -0.4 is 5.32 Å². The Morgan fingerprint density at radius 2 is 1.75 bits per heavy atom. The molecule has 24 heavy (non-hydrogen) atoms. The lowest BCUT2D eigenvalue weighted by Gasteiger charge is -2.23. The molecule has 0 spiro atoms. The zero-order valence-electron chi connectivity index (χ0n) is 12.8. The van der Waals surface area contributed by atoms with Gasteiger partial charge < -0.3 is 5.32 Å². The Hall–Kier alpha value is -1.57. The summed E-state index contributed by atoms with van der Waals surface area (Å²) in [6.07, 6.45) is -3.31. The predicted octanol–water partition coefficient (Wildman–Crippen LogP) is 2.50. The Bertz CT molecular complexity index is 731. The van der Waals surface area contributed by atoms with Gasteiger partial charge in [-0.25, -0.2) is 8.42 Å². The first-order valence-corrected chi connectivity index (χ1v) is 9.66.